The van der Waals surface area contributed by atoms with Crippen LogP contribution in [0.25, 0.3) is 10.2 Å². The zero-order valence-corrected chi connectivity index (χ0v) is 12.6. The average molecular weight is 307 g/mol. The monoisotopic (exact) mass is 307 g/mol. The van der Waals surface area contributed by atoms with Crippen LogP contribution in [-0.2, 0) is 4.79 Å². The highest BCUT2D eigenvalue weighted by atomic mass is 32.1. The van der Waals surface area contributed by atoms with Crippen molar-refractivity contribution in [2.45, 2.75) is 26.3 Å². The maximum absolute atomic E-state index is 12.2. The summed E-state index contributed by atoms with van der Waals surface area (Å²) in [5, 5.41) is 12.1. The lowest BCUT2D eigenvalue weighted by molar-refractivity contribution is -0.139. The van der Waals surface area contributed by atoms with Crippen molar-refractivity contribution >= 4 is 38.6 Å². The topological polar surface area (TPSA) is 105 Å². The fourth-order valence-corrected chi connectivity index (χ4v) is 2.79. The normalized spacial score (nSPS) is 12.5. The summed E-state index contributed by atoms with van der Waals surface area (Å²) in [5.41, 5.74) is 6.75. The van der Waals surface area contributed by atoms with E-state index in [0.717, 1.165) is 10.2 Å². The van der Waals surface area contributed by atoms with Gasteiger partial charge < -0.3 is 16.2 Å². The van der Waals surface area contributed by atoms with E-state index in [0.29, 0.717) is 17.1 Å². The standard InChI is InChI=1S/C14H17N3O3S/c1-7(2)5-10(13(19)20)16-12(18)8-3-4-9-11(6-8)21-14(15)17-9/h3-4,6-7,10H,5H2,1-2H3,(H2,15,17)(H,16,18)(H,19,20)/t10-/m0/s1. The summed E-state index contributed by atoms with van der Waals surface area (Å²) in [7, 11) is 0. The zero-order valence-electron chi connectivity index (χ0n) is 11.8. The van der Waals surface area contributed by atoms with Gasteiger partial charge in [-0.05, 0) is 30.5 Å². The number of benzene rings is 1. The number of carbonyl (C=O) groups is 2. The number of hydrogen-bond acceptors (Lipinski definition) is 5. The lowest BCUT2D eigenvalue weighted by Gasteiger charge is -2.16. The SMILES string of the molecule is CC(C)C[C@H](NC(=O)c1ccc2nc(N)sc2c1)C(=O)O. The van der Waals surface area contributed by atoms with Crippen LogP contribution in [0.1, 0.15) is 30.6 Å². The van der Waals surface area contributed by atoms with Crippen LogP contribution in [0.2, 0.25) is 0 Å². The van der Waals surface area contributed by atoms with Gasteiger partial charge in [0.15, 0.2) is 5.13 Å². The highest BCUT2D eigenvalue weighted by Crippen LogP contribution is 2.24. The quantitative estimate of drug-likeness (QED) is 0.784. The summed E-state index contributed by atoms with van der Waals surface area (Å²) in [4.78, 5) is 27.5. The lowest BCUT2D eigenvalue weighted by Crippen LogP contribution is -2.41. The molecule has 112 valence electrons. The molecule has 0 aliphatic heterocycles. The first-order valence-corrected chi connectivity index (χ1v) is 7.38. The second-order valence-electron chi connectivity index (χ2n) is 5.23. The van der Waals surface area contributed by atoms with Crippen LogP contribution in [0.15, 0.2) is 18.2 Å². The number of nitrogen functional groups attached to an aromatic ring is 1. The van der Waals surface area contributed by atoms with Crippen LogP contribution in [0.5, 0.6) is 0 Å². The fourth-order valence-electron chi connectivity index (χ4n) is 2.02. The number of nitrogens with two attached hydrogens (primary N) is 1. The average Bonchev–Trinajstić information content (AvgIpc) is 2.76. The molecule has 1 atom stereocenters. The minimum Gasteiger partial charge on any atom is -0.480 e. The third-order valence-corrected chi connectivity index (χ3v) is 3.83. The molecule has 0 unspecified atom stereocenters. The Morgan fingerprint density at radius 3 is 2.76 bits per heavy atom. The number of thiazole rings is 1. The van der Waals surface area contributed by atoms with Gasteiger partial charge in [-0.25, -0.2) is 9.78 Å². The Bertz CT molecular complexity index is 681. The number of nitrogens with one attached hydrogen (secondary N) is 1. The van der Waals surface area contributed by atoms with Crippen molar-refractivity contribution in [3.8, 4) is 0 Å². The molecular weight excluding hydrogens is 290 g/mol. The third-order valence-electron chi connectivity index (χ3n) is 2.98. The number of rotatable bonds is 5. The number of fused-ring (bicyclic) bond motifs is 1. The van der Waals surface area contributed by atoms with Crippen molar-refractivity contribution in [1.82, 2.24) is 10.3 Å². The van der Waals surface area contributed by atoms with Crippen LogP contribution in [0.4, 0.5) is 5.13 Å². The summed E-state index contributed by atoms with van der Waals surface area (Å²) in [6.45, 7) is 3.82. The van der Waals surface area contributed by atoms with E-state index in [1.807, 2.05) is 13.8 Å². The van der Waals surface area contributed by atoms with Gasteiger partial charge in [-0.2, -0.15) is 0 Å². The molecular formula is C14H17N3O3S. The number of aliphatic carboxylic acids is 1. The molecule has 1 heterocycles. The van der Waals surface area contributed by atoms with Gasteiger partial charge in [-0.15, -0.1) is 0 Å². The Labute approximate surface area is 126 Å². The maximum atomic E-state index is 12.2. The molecule has 7 heteroatoms. The van der Waals surface area contributed by atoms with E-state index in [9.17, 15) is 9.59 Å². The van der Waals surface area contributed by atoms with Gasteiger partial charge in [0.2, 0.25) is 0 Å². The number of nitrogens with zero attached hydrogens (tertiary/aromatic N) is 1. The molecule has 2 rings (SSSR count). The number of anilines is 1. The van der Waals surface area contributed by atoms with Crippen LogP contribution in [0.3, 0.4) is 0 Å². The molecule has 0 aliphatic rings. The molecule has 4 N–H and O–H groups in total. The Morgan fingerprint density at radius 1 is 1.43 bits per heavy atom. The van der Waals surface area contributed by atoms with Gasteiger partial charge in [0, 0.05) is 5.56 Å². The van der Waals surface area contributed by atoms with Crippen LogP contribution in [0, 0.1) is 5.92 Å². The van der Waals surface area contributed by atoms with E-state index in [1.165, 1.54) is 11.3 Å². The number of amides is 1. The predicted octanol–water partition coefficient (Wildman–Crippen LogP) is 2.11. The van der Waals surface area contributed by atoms with E-state index in [1.54, 1.807) is 18.2 Å². The fraction of sp³-hybridized carbons (Fsp3) is 0.357. The van der Waals surface area contributed by atoms with Gasteiger partial charge in [0.05, 0.1) is 10.2 Å². The van der Waals surface area contributed by atoms with Gasteiger partial charge in [-0.1, -0.05) is 25.2 Å². The van der Waals surface area contributed by atoms with Crippen LogP contribution < -0.4 is 11.1 Å². The molecule has 0 fully saturated rings. The summed E-state index contributed by atoms with van der Waals surface area (Å²) >= 11 is 1.29. The lowest BCUT2D eigenvalue weighted by atomic mass is 10.0. The number of carboxylic acid groups (broad SMARTS) is 1. The Balaban J connectivity index is 2.18. The van der Waals surface area contributed by atoms with Crippen molar-refractivity contribution < 1.29 is 14.7 Å². The second-order valence-corrected chi connectivity index (χ2v) is 6.29. The predicted molar refractivity (Wildman–Crippen MR) is 82.4 cm³/mol. The van der Waals surface area contributed by atoms with Gasteiger partial charge >= 0.3 is 5.97 Å². The highest BCUT2D eigenvalue weighted by Gasteiger charge is 2.22. The molecule has 0 saturated heterocycles. The number of hydrogen-bond donors (Lipinski definition) is 3. The first-order chi connectivity index (χ1) is 9.86. The summed E-state index contributed by atoms with van der Waals surface area (Å²) < 4.78 is 0.802. The van der Waals surface area contributed by atoms with Crippen molar-refractivity contribution in [1.29, 1.82) is 0 Å². The number of carbonyl (C=O) groups excluding carboxylic acids is 1. The molecule has 6 nitrogen and oxygen atoms in total. The molecule has 0 radical (unpaired) electrons. The molecule has 0 aliphatic carbocycles. The summed E-state index contributed by atoms with van der Waals surface area (Å²) in [6.07, 6.45) is 0.386. The van der Waals surface area contributed by atoms with Crippen molar-refractivity contribution in [3.63, 3.8) is 0 Å². The maximum Gasteiger partial charge on any atom is 0.326 e. The van der Waals surface area contributed by atoms with Crippen molar-refractivity contribution in [3.05, 3.63) is 23.8 Å². The van der Waals surface area contributed by atoms with Crippen molar-refractivity contribution in [2.75, 3.05) is 5.73 Å². The largest absolute Gasteiger partial charge is 0.480 e. The molecule has 21 heavy (non-hydrogen) atoms. The molecule has 0 bridgehead atoms. The Hall–Kier alpha value is -2.15. The highest BCUT2D eigenvalue weighted by molar-refractivity contribution is 7.22. The second kappa shape index (κ2) is 6.09. The van der Waals surface area contributed by atoms with Gasteiger partial charge in [0.25, 0.3) is 5.91 Å². The van der Waals surface area contributed by atoms with E-state index >= 15 is 0 Å². The summed E-state index contributed by atoms with van der Waals surface area (Å²) in [6, 6.07) is 4.10. The van der Waals surface area contributed by atoms with E-state index < -0.39 is 17.9 Å². The van der Waals surface area contributed by atoms with Gasteiger partial charge in [0.1, 0.15) is 6.04 Å². The molecule has 1 aromatic carbocycles. The van der Waals surface area contributed by atoms with Crippen LogP contribution >= 0.6 is 11.3 Å². The minimum atomic E-state index is -1.03. The first kappa shape index (κ1) is 15.2. The zero-order chi connectivity index (χ0) is 15.6. The van der Waals surface area contributed by atoms with E-state index in [4.69, 9.17) is 10.8 Å². The number of aromatic nitrogens is 1. The van der Waals surface area contributed by atoms with Crippen molar-refractivity contribution in [2.24, 2.45) is 5.92 Å². The van der Waals surface area contributed by atoms with Gasteiger partial charge in [-0.3, -0.25) is 4.79 Å². The van der Waals surface area contributed by atoms with E-state index in [2.05, 4.69) is 10.3 Å². The Kier molecular flexibility index (Phi) is 4.42. The Morgan fingerprint density at radius 2 is 2.14 bits per heavy atom. The molecule has 0 spiro atoms. The molecule has 1 amide bonds. The first-order valence-electron chi connectivity index (χ1n) is 6.56. The molecule has 0 saturated carbocycles. The summed E-state index contributed by atoms with van der Waals surface area (Å²) in [5.74, 6) is -1.26. The smallest absolute Gasteiger partial charge is 0.326 e. The third kappa shape index (κ3) is 3.69. The number of carboxylic acids is 1. The van der Waals surface area contributed by atoms with Crippen LogP contribution in [-0.4, -0.2) is 28.0 Å². The molecule has 1 aromatic heterocycles. The molecule has 2 aromatic rings. The minimum absolute atomic E-state index is 0.176. The van der Waals surface area contributed by atoms with E-state index in [-0.39, 0.29) is 5.92 Å².